The van der Waals surface area contributed by atoms with Gasteiger partial charge < -0.3 is 15.2 Å². The van der Waals surface area contributed by atoms with E-state index in [0.717, 1.165) is 0 Å². The highest BCUT2D eigenvalue weighted by Crippen LogP contribution is 2.23. The van der Waals surface area contributed by atoms with E-state index in [1.54, 1.807) is 0 Å². The summed E-state index contributed by atoms with van der Waals surface area (Å²) in [6.07, 6.45) is -4.50. The van der Waals surface area contributed by atoms with E-state index in [9.17, 15) is 22.8 Å². The first-order valence-electron chi connectivity index (χ1n) is 5.16. The van der Waals surface area contributed by atoms with Gasteiger partial charge in [-0.2, -0.15) is 13.2 Å². The molecule has 0 radical (unpaired) electrons. The molecule has 0 bridgehead atoms. The van der Waals surface area contributed by atoms with Gasteiger partial charge in [-0.1, -0.05) is 0 Å². The minimum Gasteiger partial charge on any atom is -0.478 e. The molecule has 0 aliphatic carbocycles. The highest BCUT2D eigenvalue weighted by atomic mass is 79.9. The normalized spacial score (nSPS) is 11.2. The summed E-state index contributed by atoms with van der Waals surface area (Å²) >= 11 is 3.04. The van der Waals surface area contributed by atoms with Gasteiger partial charge in [0.25, 0.3) is 0 Å². The van der Waals surface area contributed by atoms with Gasteiger partial charge in [0.2, 0.25) is 5.91 Å². The van der Waals surface area contributed by atoms with Crippen LogP contribution in [-0.4, -0.2) is 36.4 Å². The number of hydrogen-bond acceptors (Lipinski definition) is 3. The van der Waals surface area contributed by atoms with Crippen LogP contribution in [0.3, 0.4) is 0 Å². The molecule has 2 N–H and O–H groups in total. The van der Waals surface area contributed by atoms with E-state index in [0.29, 0.717) is 4.47 Å². The maximum Gasteiger partial charge on any atom is 0.411 e. The molecule has 1 rings (SSSR count). The van der Waals surface area contributed by atoms with Crippen LogP contribution in [0.4, 0.5) is 18.9 Å². The monoisotopic (exact) mass is 355 g/mol. The van der Waals surface area contributed by atoms with E-state index in [4.69, 9.17) is 5.11 Å². The van der Waals surface area contributed by atoms with Crippen molar-refractivity contribution in [3.05, 3.63) is 28.2 Å². The number of rotatable bonds is 5. The fraction of sp³-hybridized carbons (Fsp3) is 0.273. The maximum atomic E-state index is 11.8. The molecule has 110 valence electrons. The van der Waals surface area contributed by atoms with Crippen molar-refractivity contribution in [2.45, 2.75) is 6.18 Å². The van der Waals surface area contributed by atoms with Gasteiger partial charge in [0.1, 0.15) is 13.2 Å². The summed E-state index contributed by atoms with van der Waals surface area (Å²) in [6, 6.07) is 3.82. The van der Waals surface area contributed by atoms with E-state index >= 15 is 0 Å². The number of hydrogen-bond donors (Lipinski definition) is 2. The quantitative estimate of drug-likeness (QED) is 0.851. The Morgan fingerprint density at radius 3 is 2.50 bits per heavy atom. The summed E-state index contributed by atoms with van der Waals surface area (Å²) in [5, 5.41) is 11.0. The van der Waals surface area contributed by atoms with Gasteiger partial charge in [0, 0.05) is 4.47 Å². The van der Waals surface area contributed by atoms with Crippen molar-refractivity contribution in [1.29, 1.82) is 0 Å². The van der Waals surface area contributed by atoms with Crippen LogP contribution < -0.4 is 5.32 Å². The largest absolute Gasteiger partial charge is 0.478 e. The van der Waals surface area contributed by atoms with Crippen molar-refractivity contribution < 1.29 is 32.6 Å². The van der Waals surface area contributed by atoms with Gasteiger partial charge >= 0.3 is 12.1 Å². The van der Waals surface area contributed by atoms with Crippen LogP contribution in [0.5, 0.6) is 0 Å². The number of nitrogens with one attached hydrogen (secondary N) is 1. The predicted octanol–water partition coefficient (Wildman–Crippen LogP) is 2.66. The first-order valence-corrected chi connectivity index (χ1v) is 5.95. The van der Waals surface area contributed by atoms with Crippen LogP contribution in [0.15, 0.2) is 22.7 Å². The van der Waals surface area contributed by atoms with Crippen molar-refractivity contribution >= 4 is 33.5 Å². The van der Waals surface area contributed by atoms with Crippen molar-refractivity contribution in [1.82, 2.24) is 0 Å². The summed E-state index contributed by atoms with van der Waals surface area (Å²) in [7, 11) is 0. The topological polar surface area (TPSA) is 75.6 Å². The van der Waals surface area contributed by atoms with Crippen LogP contribution in [0.1, 0.15) is 10.4 Å². The van der Waals surface area contributed by atoms with Crippen molar-refractivity contribution in [3.63, 3.8) is 0 Å². The van der Waals surface area contributed by atoms with Gasteiger partial charge in [-0.15, -0.1) is 0 Å². The Balaban J connectivity index is 2.56. The number of carboxylic acids is 1. The lowest BCUT2D eigenvalue weighted by Gasteiger charge is -2.09. The minimum absolute atomic E-state index is 0.00296. The molecule has 0 fully saturated rings. The van der Waals surface area contributed by atoms with Crippen LogP contribution in [0, 0.1) is 0 Å². The fourth-order valence-corrected chi connectivity index (χ4v) is 1.67. The number of carbonyl (C=O) groups excluding carboxylic acids is 1. The lowest BCUT2D eigenvalue weighted by molar-refractivity contribution is -0.174. The molecule has 0 heterocycles. The van der Waals surface area contributed by atoms with Gasteiger partial charge in [0.15, 0.2) is 0 Å². The number of amides is 1. The zero-order valence-electron chi connectivity index (χ0n) is 9.83. The number of anilines is 1. The van der Waals surface area contributed by atoms with Gasteiger partial charge in [-0.3, -0.25) is 4.79 Å². The Bertz CT molecular complexity index is 519. The lowest BCUT2D eigenvalue weighted by atomic mass is 10.2. The molecule has 0 atom stereocenters. The molecular weight excluding hydrogens is 347 g/mol. The highest BCUT2D eigenvalue weighted by Gasteiger charge is 2.27. The van der Waals surface area contributed by atoms with E-state index in [1.807, 2.05) is 0 Å². The molecule has 0 aromatic heterocycles. The summed E-state index contributed by atoms with van der Waals surface area (Å²) in [4.78, 5) is 22.0. The number of alkyl halides is 3. The summed E-state index contributed by atoms with van der Waals surface area (Å²) in [6.45, 7) is -2.27. The standard InChI is InChI=1S/C11H9BrF3NO4/c12-7-3-6(10(18)19)1-2-8(7)16-9(17)4-20-5-11(13,14)15/h1-3H,4-5H2,(H,16,17)(H,18,19). The van der Waals surface area contributed by atoms with Gasteiger partial charge in [-0.25, -0.2) is 4.79 Å². The Morgan fingerprint density at radius 1 is 1.35 bits per heavy atom. The summed E-state index contributed by atoms with van der Waals surface area (Å²) in [5.74, 6) is -1.92. The Hall–Kier alpha value is -1.61. The van der Waals surface area contributed by atoms with Crippen LogP contribution in [0.2, 0.25) is 0 Å². The number of aromatic carboxylic acids is 1. The molecule has 0 aliphatic heterocycles. The van der Waals surface area contributed by atoms with E-state index in [-0.39, 0.29) is 11.3 Å². The second kappa shape index (κ2) is 6.71. The van der Waals surface area contributed by atoms with Gasteiger partial charge in [-0.05, 0) is 34.1 Å². The Morgan fingerprint density at radius 2 is 2.00 bits per heavy atom. The second-order valence-electron chi connectivity index (χ2n) is 3.66. The minimum atomic E-state index is -4.50. The molecule has 0 saturated heterocycles. The zero-order chi connectivity index (χ0) is 15.3. The third-order valence-electron chi connectivity index (χ3n) is 1.99. The van der Waals surface area contributed by atoms with Gasteiger partial charge in [0.05, 0.1) is 11.3 Å². The molecule has 5 nitrogen and oxygen atoms in total. The van der Waals surface area contributed by atoms with Crippen LogP contribution in [0.25, 0.3) is 0 Å². The smallest absolute Gasteiger partial charge is 0.411 e. The number of halogens is 4. The second-order valence-corrected chi connectivity index (χ2v) is 4.51. The molecule has 0 saturated carbocycles. The van der Waals surface area contributed by atoms with E-state index in [1.165, 1.54) is 18.2 Å². The average Bonchev–Trinajstić information content (AvgIpc) is 2.29. The molecule has 9 heteroatoms. The fourth-order valence-electron chi connectivity index (χ4n) is 1.20. The average molecular weight is 356 g/mol. The number of carbonyl (C=O) groups is 2. The molecule has 20 heavy (non-hydrogen) atoms. The first kappa shape index (κ1) is 16.4. The Kier molecular flexibility index (Phi) is 5.52. The molecule has 0 spiro atoms. The third kappa shape index (κ3) is 5.57. The van der Waals surface area contributed by atoms with Crippen LogP contribution >= 0.6 is 15.9 Å². The molecule has 1 aromatic rings. The number of carboxylic acid groups (broad SMARTS) is 1. The van der Waals surface area contributed by atoms with E-state index in [2.05, 4.69) is 26.0 Å². The maximum absolute atomic E-state index is 11.8. The van der Waals surface area contributed by atoms with Crippen molar-refractivity contribution in [2.24, 2.45) is 0 Å². The molecule has 0 aliphatic rings. The SMILES string of the molecule is O=C(COCC(F)(F)F)Nc1ccc(C(=O)O)cc1Br. The number of ether oxygens (including phenoxy) is 1. The number of benzene rings is 1. The Labute approximate surface area is 119 Å². The lowest BCUT2D eigenvalue weighted by Crippen LogP contribution is -2.24. The van der Waals surface area contributed by atoms with Crippen molar-refractivity contribution in [3.8, 4) is 0 Å². The predicted molar refractivity (Wildman–Crippen MR) is 66.6 cm³/mol. The highest BCUT2D eigenvalue weighted by molar-refractivity contribution is 9.10. The molecule has 1 aromatic carbocycles. The zero-order valence-corrected chi connectivity index (χ0v) is 11.4. The third-order valence-corrected chi connectivity index (χ3v) is 2.65. The van der Waals surface area contributed by atoms with E-state index < -0.39 is 31.3 Å². The van der Waals surface area contributed by atoms with Crippen molar-refractivity contribution in [2.75, 3.05) is 18.5 Å². The summed E-state index contributed by atoms with van der Waals surface area (Å²) in [5.41, 5.74) is 0.235. The van der Waals surface area contributed by atoms with Crippen LogP contribution in [-0.2, 0) is 9.53 Å². The molecule has 0 unspecified atom stereocenters. The summed E-state index contributed by atoms with van der Waals surface area (Å²) < 4.78 is 39.9. The first-order chi connectivity index (χ1) is 9.19. The molecular formula is C11H9BrF3NO4. The molecule has 1 amide bonds.